The molecule has 0 aromatic heterocycles. The molecule has 0 saturated heterocycles. The molecule has 0 aliphatic rings. The van der Waals surface area contributed by atoms with Crippen LogP contribution in [0.4, 0.5) is 11.4 Å². The van der Waals surface area contributed by atoms with Crippen LogP contribution in [-0.2, 0) is 11.3 Å². The molecule has 0 bridgehead atoms. The number of nitrogens with one attached hydrogen (secondary N) is 1. The van der Waals surface area contributed by atoms with E-state index in [-0.39, 0.29) is 18.3 Å². The third-order valence-electron chi connectivity index (χ3n) is 3.10. The van der Waals surface area contributed by atoms with Crippen molar-refractivity contribution in [2.75, 3.05) is 18.4 Å². The predicted octanol–water partition coefficient (Wildman–Crippen LogP) is 1.72. The number of carbonyl (C=O) groups excluding carboxylic acids is 1. The first kappa shape index (κ1) is 16.9. The van der Waals surface area contributed by atoms with Crippen LogP contribution in [0.1, 0.15) is 26.3 Å². The van der Waals surface area contributed by atoms with E-state index < -0.39 is 10.8 Å². The minimum Gasteiger partial charge on any atom is -0.380 e. The van der Waals surface area contributed by atoms with Gasteiger partial charge in [0.15, 0.2) is 0 Å². The number of nitro benzene ring substituents is 1. The third kappa shape index (κ3) is 5.03. The Kier molecular flexibility index (Phi) is 6.10. The van der Waals surface area contributed by atoms with Gasteiger partial charge in [-0.2, -0.15) is 0 Å². The van der Waals surface area contributed by atoms with Crippen molar-refractivity contribution in [2.24, 2.45) is 5.73 Å². The van der Waals surface area contributed by atoms with Gasteiger partial charge >= 0.3 is 0 Å². The number of carbonyl (C=O) groups is 1. The smallest absolute Gasteiger partial charge is 0.292 e. The van der Waals surface area contributed by atoms with Crippen molar-refractivity contribution in [3.05, 3.63) is 33.9 Å². The van der Waals surface area contributed by atoms with Gasteiger partial charge in [-0.25, -0.2) is 0 Å². The minimum absolute atomic E-state index is 0.0478. The number of nitro groups is 1. The van der Waals surface area contributed by atoms with Gasteiger partial charge in [0.25, 0.3) is 5.69 Å². The number of benzene rings is 1. The zero-order valence-electron chi connectivity index (χ0n) is 12.6. The first-order valence-corrected chi connectivity index (χ1v) is 6.88. The monoisotopic (exact) mass is 294 g/mol. The van der Waals surface area contributed by atoms with E-state index in [1.807, 2.05) is 25.7 Å². The molecule has 0 unspecified atom stereocenters. The van der Waals surface area contributed by atoms with Crippen molar-refractivity contribution >= 4 is 17.3 Å². The number of rotatable bonds is 8. The molecule has 21 heavy (non-hydrogen) atoms. The maximum atomic E-state index is 11.1. The fraction of sp³-hybridized carbons (Fsp3) is 0.500. The van der Waals surface area contributed by atoms with Gasteiger partial charge in [-0.15, -0.1) is 0 Å². The van der Waals surface area contributed by atoms with Crippen LogP contribution in [0.5, 0.6) is 0 Å². The molecule has 7 nitrogen and oxygen atoms in total. The summed E-state index contributed by atoms with van der Waals surface area (Å²) in [7, 11) is 0. The highest BCUT2D eigenvalue weighted by atomic mass is 16.6. The normalized spacial score (nSPS) is 10.9. The SMILES string of the molecule is CCNc1cc(CN(CC(N)=O)C(C)C)ccc1[N+](=O)[O-]. The Hall–Kier alpha value is -2.15. The summed E-state index contributed by atoms with van der Waals surface area (Å²) in [4.78, 5) is 23.6. The van der Waals surface area contributed by atoms with Crippen LogP contribution in [0.3, 0.4) is 0 Å². The van der Waals surface area contributed by atoms with Crippen LogP contribution < -0.4 is 11.1 Å². The molecule has 0 fully saturated rings. The second-order valence-corrected chi connectivity index (χ2v) is 5.10. The van der Waals surface area contributed by atoms with Crippen LogP contribution in [-0.4, -0.2) is 34.9 Å². The zero-order chi connectivity index (χ0) is 16.0. The number of nitrogens with two attached hydrogens (primary N) is 1. The van der Waals surface area contributed by atoms with E-state index in [1.165, 1.54) is 6.07 Å². The van der Waals surface area contributed by atoms with Gasteiger partial charge in [-0.1, -0.05) is 6.07 Å². The van der Waals surface area contributed by atoms with Gasteiger partial charge in [0.1, 0.15) is 5.69 Å². The fourth-order valence-electron chi connectivity index (χ4n) is 2.03. The van der Waals surface area contributed by atoms with E-state index in [2.05, 4.69) is 5.32 Å². The Balaban J connectivity index is 2.99. The van der Waals surface area contributed by atoms with Crippen LogP contribution >= 0.6 is 0 Å². The molecule has 1 aromatic rings. The summed E-state index contributed by atoms with van der Waals surface area (Å²) in [6, 6.07) is 5.08. The molecule has 116 valence electrons. The molecule has 0 saturated carbocycles. The number of primary amides is 1. The van der Waals surface area contributed by atoms with Crippen molar-refractivity contribution in [2.45, 2.75) is 33.4 Å². The highest BCUT2D eigenvalue weighted by molar-refractivity contribution is 5.76. The van der Waals surface area contributed by atoms with Crippen molar-refractivity contribution in [1.82, 2.24) is 4.90 Å². The van der Waals surface area contributed by atoms with Gasteiger partial charge in [0.2, 0.25) is 5.91 Å². The van der Waals surface area contributed by atoms with Crippen LogP contribution in [0.15, 0.2) is 18.2 Å². The lowest BCUT2D eigenvalue weighted by molar-refractivity contribution is -0.384. The number of anilines is 1. The van der Waals surface area contributed by atoms with E-state index in [4.69, 9.17) is 5.73 Å². The maximum absolute atomic E-state index is 11.1. The number of nitrogens with zero attached hydrogens (tertiary/aromatic N) is 2. The van der Waals surface area contributed by atoms with Crippen molar-refractivity contribution in [3.8, 4) is 0 Å². The van der Waals surface area contributed by atoms with Crippen LogP contribution in [0, 0.1) is 10.1 Å². The van der Waals surface area contributed by atoms with Gasteiger partial charge < -0.3 is 11.1 Å². The Morgan fingerprint density at radius 3 is 2.62 bits per heavy atom. The van der Waals surface area contributed by atoms with Crippen molar-refractivity contribution in [1.29, 1.82) is 0 Å². The molecule has 0 spiro atoms. The van der Waals surface area contributed by atoms with Gasteiger partial charge in [0, 0.05) is 25.2 Å². The lowest BCUT2D eigenvalue weighted by Gasteiger charge is -2.25. The summed E-state index contributed by atoms with van der Waals surface area (Å²) < 4.78 is 0. The highest BCUT2D eigenvalue weighted by Crippen LogP contribution is 2.26. The van der Waals surface area contributed by atoms with E-state index in [0.717, 1.165) is 5.56 Å². The summed E-state index contributed by atoms with van der Waals surface area (Å²) in [5, 5.41) is 14.0. The minimum atomic E-state index is -0.411. The lowest BCUT2D eigenvalue weighted by atomic mass is 10.1. The first-order valence-electron chi connectivity index (χ1n) is 6.88. The van der Waals surface area contributed by atoms with E-state index in [1.54, 1.807) is 12.1 Å². The topological polar surface area (TPSA) is 102 Å². The van der Waals surface area contributed by atoms with Gasteiger partial charge in [-0.05, 0) is 32.4 Å². The summed E-state index contributed by atoms with van der Waals surface area (Å²) in [6.45, 7) is 7.09. The second kappa shape index (κ2) is 7.58. The second-order valence-electron chi connectivity index (χ2n) is 5.10. The molecule has 0 heterocycles. The highest BCUT2D eigenvalue weighted by Gasteiger charge is 2.17. The quantitative estimate of drug-likeness (QED) is 0.561. The number of amides is 1. The molecular weight excluding hydrogens is 272 g/mol. The molecule has 0 aliphatic carbocycles. The molecule has 0 aliphatic heterocycles. The van der Waals surface area contributed by atoms with Crippen molar-refractivity contribution < 1.29 is 9.72 Å². The molecule has 1 amide bonds. The number of hydrogen-bond acceptors (Lipinski definition) is 5. The largest absolute Gasteiger partial charge is 0.380 e. The average molecular weight is 294 g/mol. The van der Waals surface area contributed by atoms with E-state index in [9.17, 15) is 14.9 Å². The molecule has 0 radical (unpaired) electrons. The molecule has 7 heteroatoms. The predicted molar refractivity (Wildman–Crippen MR) is 82.0 cm³/mol. The average Bonchev–Trinajstić information content (AvgIpc) is 2.37. The maximum Gasteiger partial charge on any atom is 0.292 e. The molecule has 0 atom stereocenters. The summed E-state index contributed by atoms with van der Waals surface area (Å²) in [5.41, 5.74) is 6.68. The van der Waals surface area contributed by atoms with Crippen LogP contribution in [0.25, 0.3) is 0 Å². The Labute approximate surface area is 124 Å². The van der Waals surface area contributed by atoms with Gasteiger partial charge in [0.05, 0.1) is 11.5 Å². The Morgan fingerprint density at radius 1 is 1.48 bits per heavy atom. The molecule has 3 N–H and O–H groups in total. The first-order chi connectivity index (χ1) is 9.85. The number of hydrogen-bond donors (Lipinski definition) is 2. The summed E-state index contributed by atoms with van der Waals surface area (Å²) in [5.74, 6) is -0.391. The Bertz CT molecular complexity index is 517. The molecular formula is C14H22N4O3. The van der Waals surface area contributed by atoms with E-state index in [0.29, 0.717) is 18.8 Å². The van der Waals surface area contributed by atoms with Crippen LogP contribution in [0.2, 0.25) is 0 Å². The van der Waals surface area contributed by atoms with E-state index >= 15 is 0 Å². The zero-order valence-corrected chi connectivity index (χ0v) is 12.6. The lowest BCUT2D eigenvalue weighted by Crippen LogP contribution is -2.37. The summed E-state index contributed by atoms with van der Waals surface area (Å²) >= 11 is 0. The third-order valence-corrected chi connectivity index (χ3v) is 3.10. The standard InChI is InChI=1S/C14H22N4O3/c1-4-16-12-7-11(5-6-13(12)18(20)21)8-17(10(2)3)9-14(15)19/h5-7,10,16H,4,8-9H2,1-3H3,(H2,15,19). The summed E-state index contributed by atoms with van der Waals surface area (Å²) in [6.07, 6.45) is 0. The Morgan fingerprint density at radius 2 is 2.14 bits per heavy atom. The molecule has 1 rings (SSSR count). The fourth-order valence-corrected chi connectivity index (χ4v) is 2.03. The van der Waals surface area contributed by atoms with Gasteiger partial charge in [-0.3, -0.25) is 19.8 Å². The molecule has 1 aromatic carbocycles. The van der Waals surface area contributed by atoms with Crippen molar-refractivity contribution in [3.63, 3.8) is 0 Å².